The van der Waals surface area contributed by atoms with Gasteiger partial charge < -0.3 is 10.1 Å². The summed E-state index contributed by atoms with van der Waals surface area (Å²) in [5.41, 5.74) is -0.158. The Morgan fingerprint density at radius 3 is 2.56 bits per heavy atom. The van der Waals surface area contributed by atoms with E-state index in [1.54, 1.807) is 13.0 Å². The molecule has 0 fully saturated rings. The second-order valence-electron chi connectivity index (χ2n) is 5.04. The Bertz CT molecular complexity index is 443. The van der Waals surface area contributed by atoms with Crippen molar-refractivity contribution in [1.29, 1.82) is 0 Å². The average molecular weight is 316 g/mol. The molecule has 1 rings (SSSR count). The van der Waals surface area contributed by atoms with Crippen LogP contribution in [-0.4, -0.2) is 29.1 Å². The topological polar surface area (TPSA) is 64.1 Å². The van der Waals surface area contributed by atoms with Crippen molar-refractivity contribution in [1.82, 2.24) is 9.97 Å². The van der Waals surface area contributed by atoms with E-state index in [1.165, 1.54) is 7.11 Å². The van der Waals surface area contributed by atoms with E-state index in [0.717, 1.165) is 0 Å². The Morgan fingerprint density at radius 2 is 2.06 bits per heavy atom. The molecule has 1 aromatic heterocycles. The molecule has 18 heavy (non-hydrogen) atoms. The molecule has 5 nitrogen and oxygen atoms in total. The van der Waals surface area contributed by atoms with Crippen molar-refractivity contribution in [3.63, 3.8) is 0 Å². The number of hydrogen-bond donors (Lipinski definition) is 1. The number of methoxy groups -OCH3 is 1. The fourth-order valence-corrected chi connectivity index (χ4v) is 1.67. The lowest BCUT2D eigenvalue weighted by Crippen LogP contribution is -2.28. The van der Waals surface area contributed by atoms with Crippen molar-refractivity contribution in [2.24, 2.45) is 0 Å². The molecule has 0 spiro atoms. The van der Waals surface area contributed by atoms with E-state index < -0.39 is 6.04 Å². The maximum atomic E-state index is 11.3. The third kappa shape index (κ3) is 3.94. The van der Waals surface area contributed by atoms with Gasteiger partial charge in [0.1, 0.15) is 22.3 Å². The second kappa shape index (κ2) is 5.65. The highest BCUT2D eigenvalue weighted by molar-refractivity contribution is 9.10. The SMILES string of the molecule is COC(=O)C(C)Nc1cc(Br)nc(C(C)(C)C)n1. The number of esters is 1. The molecule has 1 unspecified atom stereocenters. The zero-order chi connectivity index (χ0) is 13.9. The molecule has 1 aromatic rings. The molecule has 1 heterocycles. The highest BCUT2D eigenvalue weighted by atomic mass is 79.9. The highest BCUT2D eigenvalue weighted by Crippen LogP contribution is 2.22. The number of nitrogens with zero attached hydrogens (tertiary/aromatic N) is 2. The van der Waals surface area contributed by atoms with Crippen LogP contribution < -0.4 is 5.32 Å². The molecule has 6 heteroatoms. The number of nitrogens with one attached hydrogen (secondary N) is 1. The first-order valence-electron chi connectivity index (χ1n) is 5.63. The van der Waals surface area contributed by atoms with Crippen molar-refractivity contribution in [2.45, 2.75) is 39.2 Å². The van der Waals surface area contributed by atoms with Crippen molar-refractivity contribution < 1.29 is 9.53 Å². The third-order valence-electron chi connectivity index (χ3n) is 2.28. The number of halogens is 1. The number of carbonyl (C=O) groups is 1. The highest BCUT2D eigenvalue weighted by Gasteiger charge is 2.20. The van der Waals surface area contributed by atoms with E-state index in [0.29, 0.717) is 16.2 Å². The van der Waals surface area contributed by atoms with Gasteiger partial charge in [-0.05, 0) is 22.9 Å². The van der Waals surface area contributed by atoms with Crippen molar-refractivity contribution in [3.8, 4) is 0 Å². The van der Waals surface area contributed by atoms with Gasteiger partial charge in [0.05, 0.1) is 7.11 Å². The standard InChI is InChI=1S/C12H18BrN3O2/c1-7(10(17)18-5)14-9-6-8(13)15-11(16-9)12(2,3)4/h6-7H,1-5H3,(H,14,15,16). The minimum Gasteiger partial charge on any atom is -0.467 e. The maximum absolute atomic E-state index is 11.3. The van der Waals surface area contributed by atoms with Gasteiger partial charge in [0, 0.05) is 11.5 Å². The molecule has 0 saturated carbocycles. The van der Waals surface area contributed by atoms with Gasteiger partial charge in [-0.15, -0.1) is 0 Å². The lowest BCUT2D eigenvalue weighted by Gasteiger charge is -2.19. The van der Waals surface area contributed by atoms with Gasteiger partial charge in [-0.25, -0.2) is 14.8 Å². The lowest BCUT2D eigenvalue weighted by atomic mass is 9.96. The fraction of sp³-hybridized carbons (Fsp3) is 0.583. The largest absolute Gasteiger partial charge is 0.467 e. The molecule has 0 aromatic carbocycles. The van der Waals surface area contributed by atoms with E-state index in [1.807, 2.05) is 20.8 Å². The fourth-order valence-electron chi connectivity index (χ4n) is 1.28. The summed E-state index contributed by atoms with van der Waals surface area (Å²) in [6.45, 7) is 7.81. The Kier molecular flexibility index (Phi) is 4.67. The molecule has 0 aliphatic carbocycles. The number of hydrogen-bond acceptors (Lipinski definition) is 5. The number of aromatic nitrogens is 2. The summed E-state index contributed by atoms with van der Waals surface area (Å²) in [5, 5.41) is 2.99. The Balaban J connectivity index is 2.97. The molecule has 100 valence electrons. The van der Waals surface area contributed by atoms with Crippen LogP contribution >= 0.6 is 15.9 Å². The molecular weight excluding hydrogens is 298 g/mol. The third-order valence-corrected chi connectivity index (χ3v) is 2.69. The van der Waals surface area contributed by atoms with Gasteiger partial charge in [0.2, 0.25) is 0 Å². The Hall–Kier alpha value is -1.17. The molecule has 0 bridgehead atoms. The van der Waals surface area contributed by atoms with E-state index in [4.69, 9.17) is 0 Å². The van der Waals surface area contributed by atoms with Crippen molar-refractivity contribution >= 4 is 27.7 Å². The van der Waals surface area contributed by atoms with Gasteiger partial charge >= 0.3 is 5.97 Å². The smallest absolute Gasteiger partial charge is 0.328 e. The number of ether oxygens (including phenoxy) is 1. The normalized spacial score (nSPS) is 13.0. The van der Waals surface area contributed by atoms with Crippen LogP contribution in [0.15, 0.2) is 10.7 Å². The number of carbonyl (C=O) groups excluding carboxylic acids is 1. The molecular formula is C12H18BrN3O2. The molecule has 0 aliphatic rings. The summed E-state index contributed by atoms with van der Waals surface area (Å²) in [5.74, 6) is 0.971. The minimum atomic E-state index is -0.454. The van der Waals surface area contributed by atoms with E-state index in [2.05, 4.69) is 36.0 Å². The predicted molar refractivity (Wildman–Crippen MR) is 73.5 cm³/mol. The van der Waals surface area contributed by atoms with Gasteiger partial charge in [-0.3, -0.25) is 0 Å². The minimum absolute atomic E-state index is 0.158. The first-order chi connectivity index (χ1) is 8.24. The number of anilines is 1. The predicted octanol–water partition coefficient (Wildman–Crippen LogP) is 2.51. The van der Waals surface area contributed by atoms with Gasteiger partial charge in [-0.1, -0.05) is 20.8 Å². The van der Waals surface area contributed by atoms with Crippen LogP contribution in [0.5, 0.6) is 0 Å². The molecule has 0 aliphatic heterocycles. The summed E-state index contributed by atoms with van der Waals surface area (Å²) in [6.07, 6.45) is 0. The van der Waals surface area contributed by atoms with E-state index >= 15 is 0 Å². The molecule has 0 radical (unpaired) electrons. The van der Waals surface area contributed by atoms with E-state index in [-0.39, 0.29) is 11.4 Å². The van der Waals surface area contributed by atoms with Crippen LogP contribution in [0.3, 0.4) is 0 Å². The van der Waals surface area contributed by atoms with Crippen LogP contribution in [0.1, 0.15) is 33.5 Å². The summed E-state index contributed by atoms with van der Waals surface area (Å²) >= 11 is 3.34. The Labute approximate surface area is 115 Å². The van der Waals surface area contributed by atoms with Gasteiger partial charge in [-0.2, -0.15) is 0 Å². The van der Waals surface area contributed by atoms with Crippen LogP contribution in [-0.2, 0) is 14.9 Å². The molecule has 1 N–H and O–H groups in total. The Morgan fingerprint density at radius 1 is 1.44 bits per heavy atom. The monoisotopic (exact) mass is 315 g/mol. The second-order valence-corrected chi connectivity index (χ2v) is 5.85. The summed E-state index contributed by atoms with van der Waals surface area (Å²) in [4.78, 5) is 20.1. The summed E-state index contributed by atoms with van der Waals surface area (Å²) in [7, 11) is 1.36. The van der Waals surface area contributed by atoms with Crippen LogP contribution in [0.4, 0.5) is 5.82 Å². The first kappa shape index (κ1) is 14.9. The number of rotatable bonds is 3. The maximum Gasteiger partial charge on any atom is 0.328 e. The van der Waals surface area contributed by atoms with Crippen molar-refractivity contribution in [2.75, 3.05) is 12.4 Å². The van der Waals surface area contributed by atoms with E-state index in [9.17, 15) is 4.79 Å². The average Bonchev–Trinajstić information content (AvgIpc) is 2.25. The molecule has 1 atom stereocenters. The molecule has 0 amide bonds. The van der Waals surface area contributed by atoms with Crippen LogP contribution in [0, 0.1) is 0 Å². The van der Waals surface area contributed by atoms with Crippen LogP contribution in [0.2, 0.25) is 0 Å². The van der Waals surface area contributed by atoms with Crippen LogP contribution in [0.25, 0.3) is 0 Å². The zero-order valence-corrected chi connectivity index (χ0v) is 12.8. The van der Waals surface area contributed by atoms with Crippen molar-refractivity contribution in [3.05, 3.63) is 16.5 Å². The zero-order valence-electron chi connectivity index (χ0n) is 11.2. The lowest BCUT2D eigenvalue weighted by molar-refractivity contribution is -0.141. The molecule has 0 saturated heterocycles. The summed E-state index contributed by atoms with van der Waals surface area (Å²) < 4.78 is 5.34. The van der Waals surface area contributed by atoms with Gasteiger partial charge in [0.15, 0.2) is 0 Å². The van der Waals surface area contributed by atoms with Gasteiger partial charge in [0.25, 0.3) is 0 Å². The first-order valence-corrected chi connectivity index (χ1v) is 6.42. The quantitative estimate of drug-likeness (QED) is 0.686. The summed E-state index contributed by atoms with van der Waals surface area (Å²) in [6, 6.07) is 1.28.